The first kappa shape index (κ1) is 30.3. The van der Waals surface area contributed by atoms with Crippen molar-refractivity contribution in [3.05, 3.63) is 17.1 Å². The summed E-state index contributed by atoms with van der Waals surface area (Å²) >= 11 is 1.77. The van der Waals surface area contributed by atoms with Crippen LogP contribution >= 0.6 is 11.3 Å². The van der Waals surface area contributed by atoms with Gasteiger partial charge in [0.15, 0.2) is 6.20 Å². The average Bonchev–Trinajstić information content (AvgIpc) is 3.25. The van der Waals surface area contributed by atoms with Gasteiger partial charge in [-0.1, -0.05) is 115 Å². The van der Waals surface area contributed by atoms with Gasteiger partial charge < -0.3 is 28.7 Å². The van der Waals surface area contributed by atoms with Gasteiger partial charge in [0.05, 0.1) is 5.38 Å². The van der Waals surface area contributed by atoms with E-state index in [-0.39, 0.29) is 24.0 Å². The summed E-state index contributed by atoms with van der Waals surface area (Å²) in [5, 5.41) is 2.14. The van der Waals surface area contributed by atoms with Crippen LogP contribution in [0, 0.1) is 0 Å². The second-order valence-electron chi connectivity index (χ2n) is 8.74. The number of thiazole rings is 1. The topological polar surface area (TPSA) is 13.1 Å². The van der Waals surface area contributed by atoms with Crippen LogP contribution in [-0.4, -0.2) is 13.2 Å². The molecule has 2 nitrogen and oxygen atoms in total. The average molecular weight is 552 g/mol. The molecule has 1 aromatic heterocycles. The fourth-order valence-electron chi connectivity index (χ4n) is 3.92. The molecule has 178 valence electrons. The molecule has 0 aliphatic carbocycles. The molecule has 0 bridgehead atoms. The van der Waals surface area contributed by atoms with Crippen LogP contribution in [0.1, 0.15) is 129 Å². The van der Waals surface area contributed by atoms with Crippen LogP contribution in [0.4, 0.5) is 0 Å². The molecule has 0 amide bonds. The van der Waals surface area contributed by atoms with E-state index < -0.39 is 0 Å². The second kappa shape index (κ2) is 25.6. The fraction of sp³-hybridized carbons (Fsp3) is 0.885. The largest absolute Gasteiger partial charge is 1.00 e. The number of rotatable bonds is 23. The molecule has 0 atom stereocenters. The van der Waals surface area contributed by atoms with E-state index in [0.717, 1.165) is 19.8 Å². The number of hydrogen-bond acceptors (Lipinski definition) is 2. The van der Waals surface area contributed by atoms with Gasteiger partial charge in [-0.3, -0.25) is 0 Å². The standard InChI is InChI=1S/C26H50NOS.HI/c1-2-3-4-5-6-7-8-9-10-11-12-13-14-15-16-19-23-28-24-20-17-18-21-27-22-25-29-26-27;/h22,25-26H,2-21,23-24H2,1H3;1H/q+1;/p-1. The van der Waals surface area contributed by atoms with Crippen LogP contribution in [0.15, 0.2) is 17.1 Å². The minimum Gasteiger partial charge on any atom is -1.00 e. The van der Waals surface area contributed by atoms with Gasteiger partial charge in [-0.05, 0) is 19.3 Å². The first-order chi connectivity index (χ1) is 14.4. The second-order valence-corrected chi connectivity index (χ2v) is 9.50. The lowest BCUT2D eigenvalue weighted by molar-refractivity contribution is -0.692. The molecule has 30 heavy (non-hydrogen) atoms. The van der Waals surface area contributed by atoms with Gasteiger partial charge in [0, 0.05) is 19.6 Å². The quantitative estimate of drug-likeness (QED) is 0.0997. The Morgan fingerprint density at radius 1 is 0.600 bits per heavy atom. The van der Waals surface area contributed by atoms with Gasteiger partial charge in [-0.2, -0.15) is 4.57 Å². The van der Waals surface area contributed by atoms with Crippen LogP contribution < -0.4 is 28.5 Å². The molecule has 4 heteroatoms. The molecule has 0 spiro atoms. The maximum absolute atomic E-state index is 5.79. The summed E-state index contributed by atoms with van der Waals surface area (Å²) in [4.78, 5) is 0. The van der Waals surface area contributed by atoms with E-state index in [2.05, 4.69) is 28.6 Å². The molecule has 0 aliphatic rings. The van der Waals surface area contributed by atoms with E-state index in [0.29, 0.717) is 0 Å². The molecule has 0 radical (unpaired) electrons. The number of aromatic nitrogens is 1. The predicted molar refractivity (Wildman–Crippen MR) is 129 cm³/mol. The van der Waals surface area contributed by atoms with Gasteiger partial charge >= 0.3 is 0 Å². The zero-order chi connectivity index (χ0) is 20.7. The molecule has 1 heterocycles. The molecular formula is C26H50INOS. The number of nitrogens with zero attached hydrogens (tertiary/aromatic N) is 1. The maximum Gasteiger partial charge on any atom is 0.224 e. The van der Waals surface area contributed by atoms with Crippen LogP contribution in [0.25, 0.3) is 0 Å². The number of aryl methyl sites for hydroxylation is 1. The van der Waals surface area contributed by atoms with Crippen LogP contribution in [0.2, 0.25) is 0 Å². The summed E-state index contributed by atoms with van der Waals surface area (Å²) in [5.74, 6) is 0. The molecule has 1 rings (SSSR count). The highest BCUT2D eigenvalue weighted by atomic mass is 127. The van der Waals surface area contributed by atoms with Crippen LogP contribution in [0.5, 0.6) is 0 Å². The molecule has 0 saturated carbocycles. The Hall–Kier alpha value is 0.320. The third kappa shape index (κ3) is 21.5. The summed E-state index contributed by atoms with van der Waals surface area (Å²) < 4.78 is 8.07. The number of hydrogen-bond donors (Lipinski definition) is 0. The van der Waals surface area contributed by atoms with Gasteiger partial charge in [-0.25, -0.2) is 0 Å². The van der Waals surface area contributed by atoms with Gasteiger partial charge in [0.2, 0.25) is 5.51 Å². The zero-order valence-corrected chi connectivity index (χ0v) is 22.9. The first-order valence-corrected chi connectivity index (χ1v) is 13.9. The van der Waals surface area contributed by atoms with Crippen LogP contribution in [-0.2, 0) is 11.3 Å². The molecule has 0 unspecified atom stereocenters. The summed E-state index contributed by atoms with van der Waals surface area (Å²) in [6.07, 6.45) is 28.8. The number of halogens is 1. The smallest absolute Gasteiger partial charge is 0.224 e. The van der Waals surface area contributed by atoms with E-state index in [1.165, 1.54) is 122 Å². The summed E-state index contributed by atoms with van der Waals surface area (Å²) in [7, 11) is 0. The van der Waals surface area contributed by atoms with Crippen molar-refractivity contribution in [1.82, 2.24) is 0 Å². The molecular weight excluding hydrogens is 501 g/mol. The Kier molecular flexibility index (Phi) is 25.9. The van der Waals surface area contributed by atoms with Crippen LogP contribution in [0.3, 0.4) is 0 Å². The highest BCUT2D eigenvalue weighted by Crippen LogP contribution is 2.13. The molecule has 1 aromatic rings. The minimum atomic E-state index is 0. The highest BCUT2D eigenvalue weighted by Gasteiger charge is 1.99. The third-order valence-electron chi connectivity index (χ3n) is 5.87. The van der Waals surface area contributed by atoms with Gasteiger partial charge in [0.1, 0.15) is 6.54 Å². The van der Waals surface area contributed by atoms with E-state index >= 15 is 0 Å². The van der Waals surface area contributed by atoms with E-state index in [1.54, 1.807) is 11.3 Å². The van der Waals surface area contributed by atoms with E-state index in [9.17, 15) is 0 Å². The predicted octanol–water partition coefficient (Wildman–Crippen LogP) is 5.49. The fourth-order valence-corrected chi connectivity index (χ4v) is 4.55. The van der Waals surface area contributed by atoms with Crippen molar-refractivity contribution in [2.75, 3.05) is 13.2 Å². The molecule has 0 saturated heterocycles. The van der Waals surface area contributed by atoms with Crippen molar-refractivity contribution in [2.24, 2.45) is 0 Å². The Morgan fingerprint density at radius 2 is 1.03 bits per heavy atom. The number of ether oxygens (including phenoxy) is 1. The van der Waals surface area contributed by atoms with Crippen molar-refractivity contribution in [2.45, 2.75) is 135 Å². The molecule has 0 aliphatic heterocycles. The molecule has 0 N–H and O–H groups in total. The van der Waals surface area contributed by atoms with Crippen molar-refractivity contribution in [3.63, 3.8) is 0 Å². The van der Waals surface area contributed by atoms with Gasteiger partial charge in [-0.15, -0.1) is 0 Å². The lowest BCUT2D eigenvalue weighted by Gasteiger charge is -2.05. The zero-order valence-electron chi connectivity index (χ0n) is 19.9. The SMILES string of the molecule is CCCCCCCCCCCCCCCCCCOCCCCC[n+]1ccsc1.[I-]. The summed E-state index contributed by atoms with van der Waals surface area (Å²) in [5.41, 5.74) is 2.19. The van der Waals surface area contributed by atoms with E-state index in [1.807, 2.05) is 0 Å². The Balaban J connectivity index is 0.00000841. The summed E-state index contributed by atoms with van der Waals surface area (Å²) in [6.45, 7) is 5.37. The molecule has 0 fully saturated rings. The van der Waals surface area contributed by atoms with Crippen molar-refractivity contribution in [3.8, 4) is 0 Å². The lowest BCUT2D eigenvalue weighted by Crippen LogP contribution is -3.00. The summed E-state index contributed by atoms with van der Waals surface area (Å²) in [6, 6.07) is 0. The van der Waals surface area contributed by atoms with Gasteiger partial charge in [0.25, 0.3) is 0 Å². The third-order valence-corrected chi connectivity index (χ3v) is 6.55. The normalized spacial score (nSPS) is 11.0. The monoisotopic (exact) mass is 551 g/mol. The number of unbranched alkanes of at least 4 members (excludes halogenated alkanes) is 17. The highest BCUT2D eigenvalue weighted by molar-refractivity contribution is 7.07. The Labute approximate surface area is 209 Å². The molecule has 0 aromatic carbocycles. The Morgan fingerprint density at radius 3 is 1.47 bits per heavy atom. The van der Waals surface area contributed by atoms with Crippen molar-refractivity contribution in [1.29, 1.82) is 0 Å². The first-order valence-electron chi connectivity index (χ1n) is 12.9. The minimum absolute atomic E-state index is 0. The lowest BCUT2D eigenvalue weighted by atomic mass is 10.0. The Bertz CT molecular complexity index is 413. The maximum atomic E-state index is 5.79. The van der Waals surface area contributed by atoms with Crippen molar-refractivity contribution < 1.29 is 33.3 Å². The van der Waals surface area contributed by atoms with Crippen molar-refractivity contribution >= 4 is 11.3 Å². The van der Waals surface area contributed by atoms with E-state index in [4.69, 9.17) is 4.74 Å².